The highest BCUT2D eigenvalue weighted by Crippen LogP contribution is 2.29. The first-order valence-electron chi connectivity index (χ1n) is 6.01. The standard InChI is InChI=1S/C12H18ClNO3S2/c1-5-14(7-8(2)3)12(15)10-6-11(9(4)18-10)19(13,16)17/h6,8H,5,7H2,1-4H3. The fourth-order valence-electron chi connectivity index (χ4n) is 1.77. The van der Waals surface area contributed by atoms with Crippen LogP contribution in [0.3, 0.4) is 0 Å². The Hall–Kier alpha value is -0.590. The Bertz CT molecular complexity index is 564. The summed E-state index contributed by atoms with van der Waals surface area (Å²) < 4.78 is 22.7. The number of carbonyl (C=O) groups is 1. The minimum absolute atomic E-state index is 0.0307. The maximum absolute atomic E-state index is 12.3. The van der Waals surface area contributed by atoms with Gasteiger partial charge in [0.1, 0.15) is 0 Å². The van der Waals surface area contributed by atoms with E-state index in [0.717, 1.165) is 0 Å². The quantitative estimate of drug-likeness (QED) is 0.782. The molecule has 0 fully saturated rings. The van der Waals surface area contributed by atoms with Gasteiger partial charge in [0.15, 0.2) is 0 Å². The van der Waals surface area contributed by atoms with Crippen molar-refractivity contribution in [1.29, 1.82) is 0 Å². The third-order valence-corrected chi connectivity index (χ3v) is 5.22. The smallest absolute Gasteiger partial charge is 0.263 e. The number of thiophene rings is 1. The molecule has 0 saturated heterocycles. The zero-order valence-electron chi connectivity index (χ0n) is 11.4. The van der Waals surface area contributed by atoms with Gasteiger partial charge in [-0.3, -0.25) is 4.79 Å². The molecule has 0 aliphatic rings. The second-order valence-corrected chi connectivity index (χ2v) is 8.50. The highest BCUT2D eigenvalue weighted by molar-refractivity contribution is 8.13. The average molecular weight is 324 g/mol. The van der Waals surface area contributed by atoms with Crippen LogP contribution in [0, 0.1) is 12.8 Å². The minimum atomic E-state index is -3.79. The van der Waals surface area contributed by atoms with Crippen LogP contribution in [0.2, 0.25) is 0 Å². The van der Waals surface area contributed by atoms with Gasteiger partial charge in [-0.15, -0.1) is 11.3 Å². The van der Waals surface area contributed by atoms with E-state index in [1.165, 1.54) is 17.4 Å². The number of hydrogen-bond donors (Lipinski definition) is 0. The first-order valence-corrected chi connectivity index (χ1v) is 9.13. The van der Waals surface area contributed by atoms with E-state index in [0.29, 0.717) is 28.8 Å². The van der Waals surface area contributed by atoms with Crippen LogP contribution in [0.4, 0.5) is 0 Å². The number of carbonyl (C=O) groups excluding carboxylic acids is 1. The molecule has 0 atom stereocenters. The molecule has 0 saturated carbocycles. The van der Waals surface area contributed by atoms with Gasteiger partial charge in [-0.05, 0) is 25.8 Å². The Morgan fingerprint density at radius 3 is 2.42 bits per heavy atom. The van der Waals surface area contributed by atoms with Crippen LogP contribution in [-0.2, 0) is 9.05 Å². The Morgan fingerprint density at radius 2 is 2.05 bits per heavy atom. The molecule has 7 heteroatoms. The number of nitrogens with zero attached hydrogens (tertiary/aromatic N) is 1. The van der Waals surface area contributed by atoms with E-state index in [9.17, 15) is 13.2 Å². The second-order valence-electron chi connectivity index (χ2n) is 4.71. The molecular formula is C12H18ClNO3S2. The summed E-state index contributed by atoms with van der Waals surface area (Å²) in [5.41, 5.74) is 0. The molecule has 0 aliphatic carbocycles. The lowest BCUT2D eigenvalue weighted by Gasteiger charge is -2.22. The van der Waals surface area contributed by atoms with Crippen molar-refractivity contribution < 1.29 is 13.2 Å². The third-order valence-electron chi connectivity index (χ3n) is 2.60. The molecule has 0 aliphatic heterocycles. The van der Waals surface area contributed by atoms with Gasteiger partial charge in [-0.1, -0.05) is 13.8 Å². The molecule has 1 aromatic rings. The molecule has 0 spiro atoms. The van der Waals surface area contributed by atoms with Crippen molar-refractivity contribution in [2.75, 3.05) is 13.1 Å². The van der Waals surface area contributed by atoms with Crippen LogP contribution in [0.15, 0.2) is 11.0 Å². The van der Waals surface area contributed by atoms with Gasteiger partial charge in [0.05, 0.1) is 9.77 Å². The zero-order valence-corrected chi connectivity index (χ0v) is 13.8. The van der Waals surface area contributed by atoms with Gasteiger partial charge < -0.3 is 4.90 Å². The summed E-state index contributed by atoms with van der Waals surface area (Å²) in [5, 5.41) is 0. The highest BCUT2D eigenvalue weighted by Gasteiger charge is 2.23. The average Bonchev–Trinajstić information content (AvgIpc) is 2.66. The Balaban J connectivity index is 3.07. The molecule has 0 radical (unpaired) electrons. The molecule has 1 amide bonds. The van der Waals surface area contributed by atoms with E-state index in [-0.39, 0.29) is 10.8 Å². The summed E-state index contributed by atoms with van der Waals surface area (Å²) in [6.07, 6.45) is 0. The monoisotopic (exact) mass is 323 g/mol. The normalized spacial score (nSPS) is 11.9. The number of hydrogen-bond acceptors (Lipinski definition) is 4. The number of rotatable bonds is 5. The van der Waals surface area contributed by atoms with Gasteiger partial charge in [0.2, 0.25) is 0 Å². The molecular weight excluding hydrogens is 306 g/mol. The van der Waals surface area contributed by atoms with Crippen LogP contribution >= 0.6 is 22.0 Å². The van der Waals surface area contributed by atoms with Gasteiger partial charge in [-0.2, -0.15) is 0 Å². The summed E-state index contributed by atoms with van der Waals surface area (Å²) in [6, 6.07) is 1.37. The van der Waals surface area contributed by atoms with E-state index in [2.05, 4.69) is 0 Å². The molecule has 0 N–H and O–H groups in total. The fourth-order valence-corrected chi connectivity index (χ4v) is 4.40. The van der Waals surface area contributed by atoms with Crippen LogP contribution < -0.4 is 0 Å². The van der Waals surface area contributed by atoms with Crippen LogP contribution in [0.25, 0.3) is 0 Å². The van der Waals surface area contributed by atoms with Crippen molar-refractivity contribution in [1.82, 2.24) is 4.90 Å². The van der Waals surface area contributed by atoms with Crippen LogP contribution in [0.1, 0.15) is 35.3 Å². The maximum Gasteiger partial charge on any atom is 0.263 e. The molecule has 108 valence electrons. The Morgan fingerprint density at radius 1 is 1.47 bits per heavy atom. The van der Waals surface area contributed by atoms with Gasteiger partial charge in [-0.25, -0.2) is 8.42 Å². The molecule has 4 nitrogen and oxygen atoms in total. The van der Waals surface area contributed by atoms with Gasteiger partial charge in [0.25, 0.3) is 15.0 Å². The predicted octanol–water partition coefficient (Wildman–Crippen LogP) is 3.10. The van der Waals surface area contributed by atoms with E-state index in [4.69, 9.17) is 10.7 Å². The molecule has 0 unspecified atom stereocenters. The largest absolute Gasteiger partial charge is 0.338 e. The topological polar surface area (TPSA) is 54.5 Å². The summed E-state index contributed by atoms with van der Waals surface area (Å²) in [4.78, 5) is 15.0. The summed E-state index contributed by atoms with van der Waals surface area (Å²) >= 11 is 1.17. The zero-order chi connectivity index (χ0) is 14.8. The molecule has 1 aromatic heterocycles. The van der Waals surface area contributed by atoms with E-state index < -0.39 is 9.05 Å². The lowest BCUT2D eigenvalue weighted by atomic mass is 10.2. The van der Waals surface area contributed by atoms with Crippen molar-refractivity contribution in [3.8, 4) is 0 Å². The van der Waals surface area contributed by atoms with E-state index >= 15 is 0 Å². The summed E-state index contributed by atoms with van der Waals surface area (Å²) in [5.74, 6) is 0.219. The first kappa shape index (κ1) is 16.5. The van der Waals surface area contributed by atoms with Crippen molar-refractivity contribution in [2.45, 2.75) is 32.6 Å². The van der Waals surface area contributed by atoms with E-state index in [1.807, 2.05) is 20.8 Å². The van der Waals surface area contributed by atoms with Gasteiger partial charge in [0, 0.05) is 28.6 Å². The number of halogens is 1. The lowest BCUT2D eigenvalue weighted by molar-refractivity contribution is 0.0750. The van der Waals surface area contributed by atoms with Crippen molar-refractivity contribution >= 4 is 37.0 Å². The summed E-state index contributed by atoms with van der Waals surface area (Å²) in [7, 11) is 1.54. The fraction of sp³-hybridized carbons (Fsp3) is 0.583. The second kappa shape index (κ2) is 6.24. The van der Waals surface area contributed by atoms with Crippen molar-refractivity contribution in [3.63, 3.8) is 0 Å². The van der Waals surface area contributed by atoms with Crippen molar-refractivity contribution in [2.24, 2.45) is 5.92 Å². The predicted molar refractivity (Wildman–Crippen MR) is 78.5 cm³/mol. The molecule has 1 heterocycles. The lowest BCUT2D eigenvalue weighted by Crippen LogP contribution is -2.33. The molecule has 1 rings (SSSR count). The Labute approximate surface area is 122 Å². The SMILES string of the molecule is CCN(CC(C)C)C(=O)c1cc(S(=O)(=O)Cl)c(C)s1. The van der Waals surface area contributed by atoms with Crippen LogP contribution in [0.5, 0.6) is 0 Å². The summed E-state index contributed by atoms with van der Waals surface area (Å²) in [6.45, 7) is 8.86. The third kappa shape index (κ3) is 4.19. The maximum atomic E-state index is 12.3. The Kier molecular flexibility index (Phi) is 5.41. The number of amides is 1. The highest BCUT2D eigenvalue weighted by atomic mass is 35.7. The van der Waals surface area contributed by atoms with E-state index in [1.54, 1.807) is 11.8 Å². The van der Waals surface area contributed by atoms with Crippen molar-refractivity contribution in [3.05, 3.63) is 15.8 Å². The minimum Gasteiger partial charge on any atom is -0.338 e. The van der Waals surface area contributed by atoms with Crippen LogP contribution in [-0.4, -0.2) is 32.3 Å². The molecule has 19 heavy (non-hydrogen) atoms. The number of aryl methyl sites for hydroxylation is 1. The molecule has 0 bridgehead atoms. The van der Waals surface area contributed by atoms with Gasteiger partial charge >= 0.3 is 0 Å². The molecule has 0 aromatic carbocycles. The first-order chi connectivity index (χ1) is 8.66.